The second-order valence-corrected chi connectivity index (χ2v) is 5.80. The van der Waals surface area contributed by atoms with Crippen molar-refractivity contribution in [3.63, 3.8) is 0 Å². The Hall–Kier alpha value is -2.15. The molecule has 7 nitrogen and oxygen atoms in total. The molecule has 22 heavy (non-hydrogen) atoms. The summed E-state index contributed by atoms with van der Waals surface area (Å²) in [5.41, 5.74) is -0.0853. The first-order chi connectivity index (χ1) is 10.4. The average molecular weight is 307 g/mol. The van der Waals surface area contributed by atoms with Crippen LogP contribution in [0.1, 0.15) is 37.7 Å². The first-order valence-corrected chi connectivity index (χ1v) is 7.42. The lowest BCUT2D eigenvalue weighted by molar-refractivity contribution is -0.385. The van der Waals surface area contributed by atoms with Gasteiger partial charge in [0.15, 0.2) is 0 Å². The van der Waals surface area contributed by atoms with Gasteiger partial charge < -0.3 is 15.7 Å². The molecule has 2 amide bonds. The number of nitrogens with one attached hydrogen (secondary N) is 2. The monoisotopic (exact) mass is 307 g/mol. The highest BCUT2D eigenvalue weighted by atomic mass is 16.6. The number of anilines is 1. The fourth-order valence-electron chi connectivity index (χ4n) is 2.75. The Morgan fingerprint density at radius 2 is 2.05 bits per heavy atom. The Morgan fingerprint density at radius 1 is 1.36 bits per heavy atom. The van der Waals surface area contributed by atoms with E-state index in [2.05, 4.69) is 10.6 Å². The molecule has 1 fully saturated rings. The summed E-state index contributed by atoms with van der Waals surface area (Å²) in [6, 6.07) is 4.05. The second-order valence-electron chi connectivity index (χ2n) is 5.80. The highest BCUT2D eigenvalue weighted by molar-refractivity contribution is 5.90. The molecule has 1 saturated carbocycles. The van der Waals surface area contributed by atoms with E-state index in [1.54, 1.807) is 13.0 Å². The molecule has 0 aromatic heterocycles. The Bertz CT molecular complexity index is 568. The molecule has 1 aromatic rings. The number of nitro groups is 1. The lowest BCUT2D eigenvalue weighted by Gasteiger charge is -2.32. The number of rotatable bonds is 4. The van der Waals surface area contributed by atoms with Crippen molar-refractivity contribution in [3.8, 4) is 0 Å². The van der Waals surface area contributed by atoms with Crippen LogP contribution in [0.4, 0.5) is 16.2 Å². The first kappa shape index (κ1) is 16.2. The minimum absolute atomic E-state index is 0.0382. The number of hydrogen-bond acceptors (Lipinski definition) is 4. The van der Waals surface area contributed by atoms with Gasteiger partial charge in [0.05, 0.1) is 21.8 Å². The molecule has 1 aliphatic carbocycles. The van der Waals surface area contributed by atoms with Gasteiger partial charge in [0.1, 0.15) is 0 Å². The van der Waals surface area contributed by atoms with Gasteiger partial charge in [-0.15, -0.1) is 0 Å². The summed E-state index contributed by atoms with van der Waals surface area (Å²) in [7, 11) is 0. The third kappa shape index (κ3) is 3.94. The molecular formula is C15H21N3O4. The summed E-state index contributed by atoms with van der Waals surface area (Å²) >= 11 is 0. The van der Waals surface area contributed by atoms with Crippen molar-refractivity contribution in [3.05, 3.63) is 33.9 Å². The predicted molar refractivity (Wildman–Crippen MR) is 82.9 cm³/mol. The third-order valence-electron chi connectivity index (χ3n) is 4.11. The van der Waals surface area contributed by atoms with Crippen molar-refractivity contribution in [2.24, 2.45) is 0 Å². The quantitative estimate of drug-likeness (QED) is 0.587. The molecule has 3 N–H and O–H groups in total. The van der Waals surface area contributed by atoms with Crippen LogP contribution < -0.4 is 10.6 Å². The topological polar surface area (TPSA) is 104 Å². The van der Waals surface area contributed by atoms with E-state index in [9.17, 15) is 20.0 Å². The van der Waals surface area contributed by atoms with E-state index in [1.165, 1.54) is 12.1 Å². The van der Waals surface area contributed by atoms with Gasteiger partial charge in [-0.25, -0.2) is 4.79 Å². The third-order valence-corrected chi connectivity index (χ3v) is 4.11. The highest BCUT2D eigenvalue weighted by Gasteiger charge is 2.29. The SMILES string of the molecule is Cc1c(NC(=O)NCC2(O)CCCCC2)cccc1[N+](=O)[O-]. The number of benzene rings is 1. The molecular weight excluding hydrogens is 286 g/mol. The summed E-state index contributed by atoms with van der Waals surface area (Å²) in [6.07, 6.45) is 4.40. The predicted octanol–water partition coefficient (Wildman–Crippen LogP) is 2.72. The van der Waals surface area contributed by atoms with Crippen molar-refractivity contribution < 1.29 is 14.8 Å². The standard InChI is InChI=1S/C15H21N3O4/c1-11-12(6-5-7-13(11)18(21)22)17-14(19)16-10-15(20)8-3-2-4-9-15/h5-7,20H,2-4,8-10H2,1H3,(H2,16,17,19). The van der Waals surface area contributed by atoms with Gasteiger partial charge in [-0.05, 0) is 25.8 Å². The van der Waals surface area contributed by atoms with E-state index in [1.807, 2.05) is 0 Å². The van der Waals surface area contributed by atoms with Gasteiger partial charge in [0.25, 0.3) is 5.69 Å². The van der Waals surface area contributed by atoms with Gasteiger partial charge in [0.2, 0.25) is 0 Å². The molecule has 0 aliphatic heterocycles. The average Bonchev–Trinajstić information content (AvgIpc) is 2.48. The van der Waals surface area contributed by atoms with Crippen molar-refractivity contribution in [2.45, 2.75) is 44.6 Å². The van der Waals surface area contributed by atoms with Gasteiger partial charge in [-0.1, -0.05) is 25.3 Å². The van der Waals surface area contributed by atoms with Crippen LogP contribution in [0.25, 0.3) is 0 Å². The molecule has 0 unspecified atom stereocenters. The van der Waals surface area contributed by atoms with Crippen LogP contribution in [-0.2, 0) is 0 Å². The van der Waals surface area contributed by atoms with E-state index in [0.29, 0.717) is 24.1 Å². The maximum absolute atomic E-state index is 11.9. The Labute approximate surface area is 128 Å². The van der Waals surface area contributed by atoms with E-state index in [4.69, 9.17) is 0 Å². The second kappa shape index (κ2) is 6.74. The lowest BCUT2D eigenvalue weighted by atomic mass is 9.85. The zero-order valence-electron chi connectivity index (χ0n) is 12.6. The minimum Gasteiger partial charge on any atom is -0.388 e. The van der Waals surface area contributed by atoms with Crippen molar-refractivity contribution in [1.82, 2.24) is 5.32 Å². The molecule has 2 rings (SSSR count). The summed E-state index contributed by atoms with van der Waals surface area (Å²) in [5, 5.41) is 26.4. The maximum atomic E-state index is 11.9. The number of nitro benzene ring substituents is 1. The van der Waals surface area contributed by atoms with Crippen LogP contribution in [0.3, 0.4) is 0 Å². The number of carbonyl (C=O) groups excluding carboxylic acids is 1. The molecule has 0 atom stereocenters. The molecule has 0 saturated heterocycles. The van der Waals surface area contributed by atoms with Crippen molar-refractivity contribution in [1.29, 1.82) is 0 Å². The Kier molecular flexibility index (Phi) is 4.97. The fourth-order valence-corrected chi connectivity index (χ4v) is 2.75. The zero-order valence-corrected chi connectivity index (χ0v) is 12.6. The summed E-state index contributed by atoms with van der Waals surface area (Å²) in [5.74, 6) is 0. The molecule has 0 spiro atoms. The van der Waals surface area contributed by atoms with E-state index in [0.717, 1.165) is 19.3 Å². The summed E-state index contributed by atoms with van der Waals surface area (Å²) in [6.45, 7) is 1.77. The van der Waals surface area contributed by atoms with Crippen molar-refractivity contribution >= 4 is 17.4 Å². The largest absolute Gasteiger partial charge is 0.388 e. The van der Waals surface area contributed by atoms with Gasteiger partial charge in [-0.2, -0.15) is 0 Å². The molecule has 7 heteroatoms. The van der Waals surface area contributed by atoms with Gasteiger partial charge in [-0.3, -0.25) is 10.1 Å². The highest BCUT2D eigenvalue weighted by Crippen LogP contribution is 2.27. The van der Waals surface area contributed by atoms with Crippen LogP contribution in [0.2, 0.25) is 0 Å². The molecule has 1 aliphatic rings. The molecule has 120 valence electrons. The number of amides is 2. The van der Waals surface area contributed by atoms with Crippen LogP contribution in [0, 0.1) is 17.0 Å². The maximum Gasteiger partial charge on any atom is 0.319 e. The van der Waals surface area contributed by atoms with Crippen molar-refractivity contribution in [2.75, 3.05) is 11.9 Å². The fraction of sp³-hybridized carbons (Fsp3) is 0.533. The number of hydrogen-bond donors (Lipinski definition) is 3. The Balaban J connectivity index is 1.95. The molecule has 0 bridgehead atoms. The van der Waals surface area contributed by atoms with Crippen LogP contribution in [-0.4, -0.2) is 28.2 Å². The zero-order chi connectivity index (χ0) is 16.2. The summed E-state index contributed by atoms with van der Waals surface area (Å²) in [4.78, 5) is 22.3. The number of carbonyl (C=O) groups is 1. The number of urea groups is 1. The molecule has 0 heterocycles. The Morgan fingerprint density at radius 3 is 2.68 bits per heavy atom. The smallest absolute Gasteiger partial charge is 0.319 e. The van der Waals surface area contributed by atoms with E-state index >= 15 is 0 Å². The molecule has 0 radical (unpaired) electrons. The van der Waals surface area contributed by atoms with Crippen LogP contribution >= 0.6 is 0 Å². The normalized spacial score (nSPS) is 16.8. The van der Waals surface area contributed by atoms with Gasteiger partial charge in [0, 0.05) is 12.6 Å². The van der Waals surface area contributed by atoms with E-state index in [-0.39, 0.29) is 12.2 Å². The number of aliphatic hydroxyl groups is 1. The minimum atomic E-state index is -0.840. The lowest BCUT2D eigenvalue weighted by Crippen LogP contribution is -2.45. The molecule has 1 aromatic carbocycles. The van der Waals surface area contributed by atoms with Gasteiger partial charge >= 0.3 is 6.03 Å². The summed E-state index contributed by atoms with van der Waals surface area (Å²) < 4.78 is 0. The van der Waals surface area contributed by atoms with Crippen LogP contribution in [0.5, 0.6) is 0 Å². The first-order valence-electron chi connectivity index (χ1n) is 7.42. The number of nitrogens with zero attached hydrogens (tertiary/aromatic N) is 1. The van der Waals surface area contributed by atoms with E-state index < -0.39 is 16.6 Å². The van der Waals surface area contributed by atoms with Crippen LogP contribution in [0.15, 0.2) is 18.2 Å².